The Hall–Kier alpha value is -1.95. The number of aromatic nitrogens is 4. The molecule has 0 aliphatic rings. The number of rotatable bonds is 6. The number of nitrogens with two attached hydrogens (primary N) is 1. The molecule has 0 saturated carbocycles. The Balaban J connectivity index is 2.24. The number of imidazole rings is 1. The van der Waals surface area contributed by atoms with E-state index in [1.165, 1.54) is 0 Å². The van der Waals surface area contributed by atoms with Crippen molar-refractivity contribution >= 4 is 0 Å². The maximum Gasteiger partial charge on any atom is 0.238 e. The van der Waals surface area contributed by atoms with Crippen LogP contribution in [0.4, 0.5) is 0 Å². The predicted molar refractivity (Wildman–Crippen MR) is 67.7 cm³/mol. The first-order valence-corrected chi connectivity index (χ1v) is 6.03. The average molecular weight is 247 g/mol. The van der Waals surface area contributed by atoms with Crippen molar-refractivity contribution in [3.8, 4) is 11.8 Å². The van der Waals surface area contributed by atoms with Crippen LogP contribution in [0.1, 0.15) is 19.2 Å². The van der Waals surface area contributed by atoms with E-state index in [0.29, 0.717) is 31.4 Å². The number of nitrogens with zero attached hydrogens (tertiary/aromatic N) is 4. The zero-order valence-electron chi connectivity index (χ0n) is 10.4. The molecule has 2 N–H and O–H groups in total. The molecule has 18 heavy (non-hydrogen) atoms. The van der Waals surface area contributed by atoms with Gasteiger partial charge in [0.25, 0.3) is 0 Å². The van der Waals surface area contributed by atoms with E-state index in [2.05, 4.69) is 21.9 Å². The van der Waals surface area contributed by atoms with Crippen LogP contribution in [-0.4, -0.2) is 32.7 Å². The van der Waals surface area contributed by atoms with Crippen molar-refractivity contribution < 1.29 is 4.74 Å². The molecule has 6 heteroatoms. The van der Waals surface area contributed by atoms with E-state index in [1.807, 2.05) is 10.8 Å². The van der Waals surface area contributed by atoms with Crippen molar-refractivity contribution in [2.45, 2.75) is 19.8 Å². The number of ether oxygens (including phenoxy) is 1. The minimum absolute atomic E-state index is 0.545. The van der Waals surface area contributed by atoms with Crippen LogP contribution in [0.2, 0.25) is 0 Å². The molecule has 2 rings (SSSR count). The largest absolute Gasteiger partial charge is 0.478 e. The van der Waals surface area contributed by atoms with Gasteiger partial charge in [0, 0.05) is 31.1 Å². The summed E-state index contributed by atoms with van der Waals surface area (Å²) >= 11 is 0. The van der Waals surface area contributed by atoms with Crippen LogP contribution < -0.4 is 10.5 Å². The van der Waals surface area contributed by atoms with Crippen molar-refractivity contribution in [2.24, 2.45) is 5.73 Å². The quantitative estimate of drug-likeness (QED) is 0.822. The van der Waals surface area contributed by atoms with Gasteiger partial charge in [-0.1, -0.05) is 6.92 Å². The highest BCUT2D eigenvalue weighted by Gasteiger charge is 2.07. The van der Waals surface area contributed by atoms with Gasteiger partial charge in [-0.2, -0.15) is 4.98 Å². The van der Waals surface area contributed by atoms with Gasteiger partial charge >= 0.3 is 0 Å². The second kappa shape index (κ2) is 6.11. The van der Waals surface area contributed by atoms with Gasteiger partial charge in [-0.05, 0) is 13.0 Å². The lowest BCUT2D eigenvalue weighted by Crippen LogP contribution is -2.11. The lowest BCUT2D eigenvalue weighted by atomic mass is 10.4. The van der Waals surface area contributed by atoms with E-state index in [0.717, 1.165) is 12.2 Å². The molecule has 0 amide bonds. The lowest BCUT2D eigenvalue weighted by molar-refractivity contribution is 0.304. The van der Waals surface area contributed by atoms with Crippen LogP contribution in [0.25, 0.3) is 5.95 Å². The Bertz CT molecular complexity index is 497. The second-order valence-electron chi connectivity index (χ2n) is 3.80. The first kappa shape index (κ1) is 12.5. The average Bonchev–Trinajstić information content (AvgIpc) is 2.85. The standard InChI is InChI=1S/C12H17N5O/c1-2-9-18-11-4-6-15-12(16-11)17-8-7-14-10(17)3-5-13/h4,6-8H,2-3,5,9,13H2,1H3. The van der Waals surface area contributed by atoms with E-state index < -0.39 is 0 Å². The van der Waals surface area contributed by atoms with Crippen LogP contribution in [0.5, 0.6) is 5.88 Å². The highest BCUT2D eigenvalue weighted by molar-refractivity contribution is 5.20. The molecule has 0 unspecified atom stereocenters. The predicted octanol–water partition coefficient (Wildman–Crippen LogP) is 0.952. The Labute approximate surface area is 106 Å². The van der Waals surface area contributed by atoms with Crippen LogP contribution in [-0.2, 0) is 6.42 Å². The molecule has 0 aliphatic carbocycles. The summed E-state index contributed by atoms with van der Waals surface area (Å²) in [4.78, 5) is 12.8. The van der Waals surface area contributed by atoms with Gasteiger partial charge in [0.1, 0.15) is 5.82 Å². The van der Waals surface area contributed by atoms with Gasteiger partial charge in [-0.25, -0.2) is 9.97 Å². The molecular weight excluding hydrogens is 230 g/mol. The molecule has 2 aromatic heterocycles. The molecule has 6 nitrogen and oxygen atoms in total. The van der Waals surface area contributed by atoms with Crippen molar-refractivity contribution in [1.82, 2.24) is 19.5 Å². The third-order valence-electron chi connectivity index (χ3n) is 2.37. The summed E-state index contributed by atoms with van der Waals surface area (Å²) in [6.07, 6.45) is 6.86. The summed E-state index contributed by atoms with van der Waals surface area (Å²) in [6, 6.07) is 1.75. The zero-order valence-corrected chi connectivity index (χ0v) is 10.4. The van der Waals surface area contributed by atoms with E-state index in [9.17, 15) is 0 Å². The Morgan fingerprint density at radius 1 is 1.33 bits per heavy atom. The van der Waals surface area contributed by atoms with Gasteiger partial charge in [0.2, 0.25) is 11.8 Å². The number of hydrogen-bond acceptors (Lipinski definition) is 5. The molecule has 0 radical (unpaired) electrons. The molecule has 96 valence electrons. The summed E-state index contributed by atoms with van der Waals surface area (Å²) in [5, 5.41) is 0. The monoisotopic (exact) mass is 247 g/mol. The molecule has 0 saturated heterocycles. The smallest absolute Gasteiger partial charge is 0.238 e. The Morgan fingerprint density at radius 2 is 2.22 bits per heavy atom. The minimum atomic E-state index is 0.545. The van der Waals surface area contributed by atoms with E-state index in [4.69, 9.17) is 10.5 Å². The van der Waals surface area contributed by atoms with Gasteiger partial charge < -0.3 is 10.5 Å². The Kier molecular flexibility index (Phi) is 4.25. The molecule has 0 aromatic carbocycles. The van der Waals surface area contributed by atoms with Gasteiger partial charge in [0.15, 0.2) is 0 Å². The van der Waals surface area contributed by atoms with Crippen LogP contribution in [0.15, 0.2) is 24.7 Å². The number of hydrogen-bond donors (Lipinski definition) is 1. The third-order valence-corrected chi connectivity index (χ3v) is 2.37. The lowest BCUT2D eigenvalue weighted by Gasteiger charge is -2.07. The summed E-state index contributed by atoms with van der Waals surface area (Å²) in [7, 11) is 0. The molecule has 0 atom stereocenters. The van der Waals surface area contributed by atoms with Gasteiger partial charge in [0.05, 0.1) is 6.61 Å². The molecule has 2 heterocycles. The fourth-order valence-electron chi connectivity index (χ4n) is 1.57. The second-order valence-corrected chi connectivity index (χ2v) is 3.80. The molecule has 0 spiro atoms. The first-order chi connectivity index (χ1) is 8.85. The van der Waals surface area contributed by atoms with Gasteiger partial charge in [-0.3, -0.25) is 4.57 Å². The van der Waals surface area contributed by atoms with Crippen LogP contribution >= 0.6 is 0 Å². The van der Waals surface area contributed by atoms with E-state index >= 15 is 0 Å². The molecule has 0 fully saturated rings. The van der Waals surface area contributed by atoms with Crippen LogP contribution in [0.3, 0.4) is 0 Å². The minimum Gasteiger partial charge on any atom is -0.478 e. The first-order valence-electron chi connectivity index (χ1n) is 6.03. The fraction of sp³-hybridized carbons (Fsp3) is 0.417. The van der Waals surface area contributed by atoms with E-state index in [-0.39, 0.29) is 0 Å². The highest BCUT2D eigenvalue weighted by Crippen LogP contribution is 2.11. The zero-order chi connectivity index (χ0) is 12.8. The molecular formula is C12H17N5O. The molecule has 0 aliphatic heterocycles. The fourth-order valence-corrected chi connectivity index (χ4v) is 1.57. The van der Waals surface area contributed by atoms with Gasteiger partial charge in [-0.15, -0.1) is 0 Å². The van der Waals surface area contributed by atoms with Crippen molar-refractivity contribution in [3.63, 3.8) is 0 Å². The van der Waals surface area contributed by atoms with Crippen LogP contribution in [0, 0.1) is 0 Å². The molecule has 2 aromatic rings. The van der Waals surface area contributed by atoms with Crippen molar-refractivity contribution in [2.75, 3.05) is 13.2 Å². The van der Waals surface area contributed by atoms with E-state index in [1.54, 1.807) is 18.5 Å². The maximum absolute atomic E-state index is 5.54. The summed E-state index contributed by atoms with van der Waals surface area (Å²) in [5.74, 6) is 1.99. The summed E-state index contributed by atoms with van der Waals surface area (Å²) in [6.45, 7) is 3.25. The van der Waals surface area contributed by atoms with Crippen molar-refractivity contribution in [3.05, 3.63) is 30.5 Å². The summed E-state index contributed by atoms with van der Waals surface area (Å²) in [5.41, 5.74) is 5.54. The molecule has 0 bridgehead atoms. The summed E-state index contributed by atoms with van der Waals surface area (Å²) < 4.78 is 7.31. The third kappa shape index (κ3) is 2.84. The maximum atomic E-state index is 5.54. The highest BCUT2D eigenvalue weighted by atomic mass is 16.5. The normalized spacial score (nSPS) is 10.6. The van der Waals surface area contributed by atoms with Crippen molar-refractivity contribution in [1.29, 1.82) is 0 Å². The SMILES string of the molecule is CCCOc1ccnc(-n2ccnc2CCN)n1. The Morgan fingerprint density at radius 3 is 3.00 bits per heavy atom. The topological polar surface area (TPSA) is 78.8 Å².